The van der Waals surface area contributed by atoms with Crippen LogP contribution in [0.25, 0.3) is 0 Å². The molecule has 8 nitrogen and oxygen atoms in total. The van der Waals surface area contributed by atoms with Gasteiger partial charge in [0, 0.05) is 6.54 Å². The molecule has 0 fully saturated rings. The molecule has 0 rings (SSSR count). The topological polar surface area (TPSA) is 102 Å². The van der Waals surface area contributed by atoms with E-state index < -0.39 is 33.7 Å². The van der Waals surface area contributed by atoms with Gasteiger partial charge in [0.2, 0.25) is 0 Å². The van der Waals surface area contributed by atoms with Crippen LogP contribution in [0.4, 0.5) is 4.79 Å². The number of nitrogens with one attached hydrogen (secondary N) is 1. The maximum Gasteiger partial charge on any atom is 0.410 e. The molecule has 0 radical (unpaired) electrons. The Labute approximate surface area is 163 Å². The summed E-state index contributed by atoms with van der Waals surface area (Å²) in [5.41, 5.74) is 0. The van der Waals surface area contributed by atoms with Crippen LogP contribution >= 0.6 is 0 Å². The van der Waals surface area contributed by atoms with Crippen molar-refractivity contribution in [3.8, 4) is 0 Å². The van der Waals surface area contributed by atoms with Crippen LogP contribution in [0.1, 0.15) is 53.4 Å². The van der Waals surface area contributed by atoms with Crippen molar-refractivity contribution in [2.75, 3.05) is 38.4 Å². The largest absolute Gasteiger partial charge is 0.453 e. The minimum Gasteiger partial charge on any atom is -0.453 e. The van der Waals surface area contributed by atoms with Gasteiger partial charge in [-0.05, 0) is 31.7 Å². The third-order valence-corrected chi connectivity index (χ3v) is 5.69. The van der Waals surface area contributed by atoms with Gasteiger partial charge in [-0.3, -0.25) is 10.2 Å². The molecule has 1 amide bonds. The van der Waals surface area contributed by atoms with E-state index in [1.807, 2.05) is 13.8 Å². The Morgan fingerprint density at radius 1 is 1.15 bits per heavy atom. The first-order valence-corrected chi connectivity index (χ1v) is 11.4. The van der Waals surface area contributed by atoms with Crippen LogP contribution in [0.5, 0.6) is 0 Å². The zero-order valence-corrected chi connectivity index (χ0v) is 18.1. The van der Waals surface area contributed by atoms with Crippen LogP contribution < -0.4 is 5.32 Å². The average Bonchev–Trinajstić information content (AvgIpc) is 2.61. The van der Waals surface area contributed by atoms with Gasteiger partial charge in [0.15, 0.2) is 9.84 Å². The number of unbranched alkanes of at least 4 members (excludes halogenated alkanes) is 1. The number of amides is 1. The Bertz CT molecular complexity index is 536. The van der Waals surface area contributed by atoms with Gasteiger partial charge in [-0.25, -0.2) is 18.0 Å². The van der Waals surface area contributed by atoms with Gasteiger partial charge in [0.25, 0.3) is 0 Å². The molecule has 0 saturated heterocycles. The zero-order valence-electron chi connectivity index (χ0n) is 17.3. The average molecular weight is 409 g/mol. The Morgan fingerprint density at radius 2 is 1.81 bits per heavy atom. The van der Waals surface area contributed by atoms with E-state index in [1.54, 1.807) is 0 Å². The van der Waals surface area contributed by atoms with Crippen molar-refractivity contribution >= 4 is 21.9 Å². The number of methoxy groups -OCH3 is 1. The zero-order chi connectivity index (χ0) is 20.9. The van der Waals surface area contributed by atoms with Crippen molar-refractivity contribution in [3.63, 3.8) is 0 Å². The molecule has 0 aromatic carbocycles. The lowest BCUT2D eigenvalue weighted by molar-refractivity contribution is -0.149. The summed E-state index contributed by atoms with van der Waals surface area (Å²) in [7, 11) is -2.31. The smallest absolute Gasteiger partial charge is 0.410 e. The Hall–Kier alpha value is -1.35. The summed E-state index contributed by atoms with van der Waals surface area (Å²) >= 11 is 0. The van der Waals surface area contributed by atoms with Gasteiger partial charge in [0.05, 0.1) is 18.6 Å². The van der Waals surface area contributed by atoms with Crippen molar-refractivity contribution in [2.24, 2.45) is 5.92 Å². The fraction of sp³-hybridized carbons (Fsp3) is 0.889. The normalized spacial score (nSPS) is 12.7. The Balaban J connectivity index is 5.14. The predicted molar refractivity (Wildman–Crippen MR) is 105 cm³/mol. The summed E-state index contributed by atoms with van der Waals surface area (Å²) in [6.45, 7) is 8.75. The first-order chi connectivity index (χ1) is 12.7. The summed E-state index contributed by atoms with van der Waals surface area (Å²) < 4.78 is 34.7. The van der Waals surface area contributed by atoms with Crippen molar-refractivity contribution < 1.29 is 27.5 Å². The second kappa shape index (κ2) is 13.8. The van der Waals surface area contributed by atoms with Crippen LogP contribution in [0.15, 0.2) is 0 Å². The van der Waals surface area contributed by atoms with Gasteiger partial charge in [-0.15, -0.1) is 0 Å². The standard InChI is InChI=1S/C18H36N2O6S/c1-6-8-12-27(23,24)13-16(20(11-7-2)18(22)25-5)17(21)26-14-19-10-9-15(3)4/h15-16,19H,6-14H2,1-5H3/t16-/m1/s1. The fourth-order valence-corrected chi connectivity index (χ4v) is 4.08. The Morgan fingerprint density at radius 3 is 2.33 bits per heavy atom. The van der Waals surface area contributed by atoms with E-state index in [9.17, 15) is 18.0 Å². The van der Waals surface area contributed by atoms with Crippen LogP contribution in [-0.2, 0) is 24.1 Å². The van der Waals surface area contributed by atoms with Crippen molar-refractivity contribution in [1.29, 1.82) is 0 Å². The van der Waals surface area contributed by atoms with E-state index in [0.717, 1.165) is 17.7 Å². The summed E-state index contributed by atoms with van der Waals surface area (Å²) in [5.74, 6) is -0.719. The van der Waals surface area contributed by atoms with E-state index >= 15 is 0 Å². The Kier molecular flexibility index (Phi) is 13.1. The van der Waals surface area contributed by atoms with Crippen LogP contribution in [0.3, 0.4) is 0 Å². The highest BCUT2D eigenvalue weighted by Crippen LogP contribution is 2.11. The van der Waals surface area contributed by atoms with E-state index in [0.29, 0.717) is 25.3 Å². The molecule has 0 aliphatic rings. The highest BCUT2D eigenvalue weighted by molar-refractivity contribution is 7.91. The summed E-state index contributed by atoms with van der Waals surface area (Å²) in [4.78, 5) is 25.8. The van der Waals surface area contributed by atoms with Gasteiger partial charge in [-0.1, -0.05) is 34.1 Å². The molecule has 0 heterocycles. The quantitative estimate of drug-likeness (QED) is 0.267. The molecule has 9 heteroatoms. The molecule has 27 heavy (non-hydrogen) atoms. The highest BCUT2D eigenvalue weighted by atomic mass is 32.2. The van der Waals surface area contributed by atoms with E-state index in [1.165, 1.54) is 7.11 Å². The van der Waals surface area contributed by atoms with Gasteiger partial charge < -0.3 is 9.47 Å². The molecular weight excluding hydrogens is 372 g/mol. The molecular formula is C18H36N2O6S. The monoisotopic (exact) mass is 408 g/mol. The molecule has 160 valence electrons. The first-order valence-electron chi connectivity index (χ1n) is 9.60. The molecule has 0 saturated carbocycles. The van der Waals surface area contributed by atoms with Crippen molar-refractivity contribution in [1.82, 2.24) is 10.2 Å². The molecule has 0 spiro atoms. The van der Waals surface area contributed by atoms with Gasteiger partial charge in [0.1, 0.15) is 12.8 Å². The number of nitrogens with zero attached hydrogens (tertiary/aromatic N) is 1. The fourth-order valence-electron chi connectivity index (χ4n) is 2.39. The van der Waals surface area contributed by atoms with Crippen molar-refractivity contribution in [3.05, 3.63) is 0 Å². The van der Waals surface area contributed by atoms with E-state index in [4.69, 9.17) is 9.47 Å². The predicted octanol–water partition coefficient (Wildman–Crippen LogP) is 2.18. The molecule has 1 N–H and O–H groups in total. The lowest BCUT2D eigenvalue weighted by Crippen LogP contribution is -2.50. The van der Waals surface area contributed by atoms with Gasteiger partial charge in [-0.2, -0.15) is 0 Å². The molecule has 0 aromatic rings. The first kappa shape index (κ1) is 25.6. The highest BCUT2D eigenvalue weighted by Gasteiger charge is 2.35. The molecule has 0 bridgehead atoms. The number of hydrogen-bond acceptors (Lipinski definition) is 7. The minimum absolute atomic E-state index is 0.0267. The number of carbonyl (C=O) groups excluding carboxylic acids is 2. The van der Waals surface area contributed by atoms with Crippen LogP contribution in [0.2, 0.25) is 0 Å². The lowest BCUT2D eigenvalue weighted by atomic mass is 10.1. The number of rotatable bonds is 14. The number of ether oxygens (including phenoxy) is 2. The summed E-state index contributed by atoms with van der Waals surface area (Å²) in [5, 5.41) is 2.99. The molecule has 0 aromatic heterocycles. The summed E-state index contributed by atoms with van der Waals surface area (Å²) in [6, 6.07) is -1.22. The van der Waals surface area contributed by atoms with E-state index in [-0.39, 0.29) is 19.0 Å². The summed E-state index contributed by atoms with van der Waals surface area (Å²) in [6.07, 6.45) is 1.98. The number of carbonyl (C=O) groups is 2. The second-order valence-corrected chi connectivity index (χ2v) is 9.17. The van der Waals surface area contributed by atoms with Crippen molar-refractivity contribution in [2.45, 2.75) is 59.4 Å². The van der Waals surface area contributed by atoms with Crippen LogP contribution in [-0.4, -0.2) is 69.9 Å². The molecule has 0 aliphatic heterocycles. The van der Waals surface area contributed by atoms with Crippen LogP contribution in [0, 0.1) is 5.92 Å². The third-order valence-electron chi connectivity index (χ3n) is 3.96. The maximum atomic E-state index is 12.6. The molecule has 1 atom stereocenters. The maximum absolute atomic E-state index is 12.6. The molecule has 0 aliphatic carbocycles. The number of sulfone groups is 1. The van der Waals surface area contributed by atoms with E-state index in [2.05, 4.69) is 19.2 Å². The molecule has 0 unspecified atom stereocenters. The SMILES string of the molecule is CCCCS(=O)(=O)C[C@H](C(=O)OCNCCC(C)C)N(CCC)C(=O)OC. The third kappa shape index (κ3) is 11.2. The minimum atomic E-state index is -3.51. The lowest BCUT2D eigenvalue weighted by Gasteiger charge is -2.28. The van der Waals surface area contributed by atoms with Gasteiger partial charge >= 0.3 is 12.1 Å². The number of hydrogen-bond donors (Lipinski definition) is 1. The number of esters is 1. The second-order valence-electron chi connectivity index (χ2n) is 6.94.